The summed E-state index contributed by atoms with van der Waals surface area (Å²) in [6.07, 6.45) is 0. The number of para-hydroxylation sites is 1. The van der Waals surface area contributed by atoms with Crippen LogP contribution in [0, 0.1) is 0 Å². The van der Waals surface area contributed by atoms with Gasteiger partial charge >= 0.3 is 0 Å². The van der Waals surface area contributed by atoms with Gasteiger partial charge in [-0.25, -0.2) is 0 Å². The molecule has 0 saturated carbocycles. The fourth-order valence-corrected chi connectivity index (χ4v) is 8.38. The Labute approximate surface area is 297 Å². The second-order valence-corrected chi connectivity index (χ2v) is 13.3. The Bertz CT molecular complexity index is 2630. The van der Waals surface area contributed by atoms with Gasteiger partial charge in [0.25, 0.3) is 0 Å². The number of rotatable bonds is 6. The zero-order chi connectivity index (χ0) is 33.8. The third-order valence-electron chi connectivity index (χ3n) is 10.6. The normalized spacial score (nSPS) is 12.9. The second-order valence-electron chi connectivity index (χ2n) is 13.3. The van der Waals surface area contributed by atoms with Crippen LogP contribution in [0.4, 0.5) is 17.1 Å². The minimum absolute atomic E-state index is 0.448. The molecular formula is C49H33NO. The van der Waals surface area contributed by atoms with Crippen molar-refractivity contribution in [2.24, 2.45) is 0 Å². The molecule has 1 heterocycles. The number of anilines is 3. The molecule has 1 aromatic heterocycles. The van der Waals surface area contributed by atoms with Crippen LogP contribution in [0.3, 0.4) is 0 Å². The largest absolute Gasteiger partial charge is 0.456 e. The van der Waals surface area contributed by atoms with Crippen LogP contribution in [0.1, 0.15) is 22.3 Å². The van der Waals surface area contributed by atoms with E-state index in [0.29, 0.717) is 0 Å². The Balaban J connectivity index is 1.18. The van der Waals surface area contributed by atoms with E-state index in [0.717, 1.165) is 39.0 Å². The zero-order valence-electron chi connectivity index (χ0n) is 27.9. The summed E-state index contributed by atoms with van der Waals surface area (Å²) >= 11 is 0. The van der Waals surface area contributed by atoms with E-state index in [4.69, 9.17) is 4.42 Å². The maximum Gasteiger partial charge on any atom is 0.137 e. The fraction of sp³-hybridized carbons (Fsp3) is 0.0204. The van der Waals surface area contributed by atoms with E-state index in [1.807, 2.05) is 12.1 Å². The van der Waals surface area contributed by atoms with Crippen molar-refractivity contribution in [1.82, 2.24) is 0 Å². The molecule has 2 heteroatoms. The first-order chi connectivity index (χ1) is 25.3. The van der Waals surface area contributed by atoms with Gasteiger partial charge in [0, 0.05) is 16.8 Å². The Morgan fingerprint density at radius 1 is 0.373 bits per heavy atom. The van der Waals surface area contributed by atoms with Gasteiger partial charge in [-0.3, -0.25) is 0 Å². The molecule has 1 aliphatic carbocycles. The Hall–Kier alpha value is -6.64. The van der Waals surface area contributed by atoms with Crippen molar-refractivity contribution in [3.8, 4) is 22.3 Å². The van der Waals surface area contributed by atoms with Crippen LogP contribution in [0.5, 0.6) is 0 Å². The monoisotopic (exact) mass is 651 g/mol. The van der Waals surface area contributed by atoms with Gasteiger partial charge in [-0.1, -0.05) is 158 Å². The lowest BCUT2D eigenvalue weighted by Gasteiger charge is -2.34. The second kappa shape index (κ2) is 11.8. The van der Waals surface area contributed by atoms with E-state index in [2.05, 4.69) is 193 Å². The third kappa shape index (κ3) is 4.50. The third-order valence-corrected chi connectivity index (χ3v) is 10.6. The van der Waals surface area contributed by atoms with Crippen LogP contribution in [-0.4, -0.2) is 0 Å². The van der Waals surface area contributed by atoms with Gasteiger partial charge in [0.2, 0.25) is 0 Å². The van der Waals surface area contributed by atoms with Crippen LogP contribution in [0.2, 0.25) is 0 Å². The van der Waals surface area contributed by atoms with Crippen molar-refractivity contribution in [3.05, 3.63) is 222 Å². The summed E-state index contributed by atoms with van der Waals surface area (Å²) in [5.41, 5.74) is 14.6. The molecule has 0 unspecified atom stereocenters. The molecule has 0 amide bonds. The molecular weight excluding hydrogens is 619 g/mol. The molecule has 0 saturated heterocycles. The molecule has 240 valence electrons. The van der Waals surface area contributed by atoms with E-state index >= 15 is 0 Å². The number of benzene rings is 8. The first-order valence-electron chi connectivity index (χ1n) is 17.5. The Kier molecular flexibility index (Phi) is 6.75. The summed E-state index contributed by atoms with van der Waals surface area (Å²) in [4.78, 5) is 2.37. The maximum atomic E-state index is 6.38. The number of hydrogen-bond acceptors (Lipinski definition) is 2. The summed E-state index contributed by atoms with van der Waals surface area (Å²) in [5.74, 6) is 0. The van der Waals surface area contributed by atoms with Gasteiger partial charge in [0.05, 0.1) is 16.5 Å². The quantitative estimate of drug-likeness (QED) is 0.178. The number of nitrogens with zero attached hydrogens (tertiary/aromatic N) is 1. The maximum absolute atomic E-state index is 6.38. The van der Waals surface area contributed by atoms with Gasteiger partial charge in [0.15, 0.2) is 0 Å². The molecule has 2 nitrogen and oxygen atoms in total. The van der Waals surface area contributed by atoms with Crippen molar-refractivity contribution in [2.75, 3.05) is 4.90 Å². The lowest BCUT2D eigenvalue weighted by atomic mass is 9.68. The molecule has 0 aliphatic heterocycles. The fourth-order valence-electron chi connectivity index (χ4n) is 8.38. The molecule has 51 heavy (non-hydrogen) atoms. The van der Waals surface area contributed by atoms with Crippen LogP contribution in [0.15, 0.2) is 205 Å². The summed E-state index contributed by atoms with van der Waals surface area (Å²) in [7, 11) is 0. The predicted octanol–water partition coefficient (Wildman–Crippen LogP) is 13.1. The average Bonchev–Trinajstić information content (AvgIpc) is 3.74. The summed E-state index contributed by atoms with van der Waals surface area (Å²) in [6, 6.07) is 72.2. The van der Waals surface area contributed by atoms with Gasteiger partial charge in [0.1, 0.15) is 11.2 Å². The topological polar surface area (TPSA) is 16.4 Å². The van der Waals surface area contributed by atoms with E-state index in [-0.39, 0.29) is 0 Å². The zero-order valence-corrected chi connectivity index (χ0v) is 27.9. The highest BCUT2D eigenvalue weighted by Gasteiger charge is 2.45. The molecule has 0 fully saturated rings. The smallest absolute Gasteiger partial charge is 0.137 e. The van der Waals surface area contributed by atoms with Crippen molar-refractivity contribution >= 4 is 39.0 Å². The van der Waals surface area contributed by atoms with E-state index in [1.54, 1.807) is 0 Å². The van der Waals surface area contributed by atoms with Gasteiger partial charge in [-0.05, 0) is 87.0 Å². The van der Waals surface area contributed by atoms with Gasteiger partial charge in [-0.15, -0.1) is 0 Å². The Morgan fingerprint density at radius 2 is 0.882 bits per heavy atom. The molecule has 1 aliphatic rings. The molecule has 0 N–H and O–H groups in total. The van der Waals surface area contributed by atoms with Gasteiger partial charge < -0.3 is 9.32 Å². The van der Waals surface area contributed by atoms with Crippen LogP contribution in [0.25, 0.3) is 44.2 Å². The van der Waals surface area contributed by atoms with Crippen molar-refractivity contribution in [1.29, 1.82) is 0 Å². The lowest BCUT2D eigenvalue weighted by molar-refractivity contribution is 0.669. The van der Waals surface area contributed by atoms with E-state index in [1.165, 1.54) is 44.5 Å². The van der Waals surface area contributed by atoms with Crippen molar-refractivity contribution in [3.63, 3.8) is 0 Å². The SMILES string of the molecule is c1ccc(-c2ccc(N(c3ccc(C4(c5ccccc5)c5ccccc5-c5ccccc54)cc3)c3cccc4oc5ccccc5c34)cc2)cc1. The average molecular weight is 652 g/mol. The Morgan fingerprint density at radius 3 is 1.57 bits per heavy atom. The molecule has 0 bridgehead atoms. The summed E-state index contributed by atoms with van der Waals surface area (Å²) < 4.78 is 6.38. The molecule has 0 atom stereocenters. The van der Waals surface area contributed by atoms with Crippen LogP contribution >= 0.6 is 0 Å². The first-order valence-corrected chi connectivity index (χ1v) is 17.5. The summed E-state index contributed by atoms with van der Waals surface area (Å²) in [6.45, 7) is 0. The lowest BCUT2D eigenvalue weighted by Crippen LogP contribution is -2.28. The highest BCUT2D eigenvalue weighted by molar-refractivity contribution is 6.13. The van der Waals surface area contributed by atoms with Crippen molar-refractivity contribution < 1.29 is 4.42 Å². The first kappa shape index (κ1) is 29.3. The van der Waals surface area contributed by atoms with E-state index in [9.17, 15) is 0 Å². The van der Waals surface area contributed by atoms with Crippen molar-refractivity contribution in [2.45, 2.75) is 5.41 Å². The molecule has 0 spiro atoms. The number of hydrogen-bond donors (Lipinski definition) is 0. The predicted molar refractivity (Wildman–Crippen MR) is 211 cm³/mol. The molecule has 9 aromatic rings. The minimum atomic E-state index is -0.448. The van der Waals surface area contributed by atoms with Crippen LogP contribution in [-0.2, 0) is 5.41 Å². The molecule has 10 rings (SSSR count). The number of furan rings is 1. The van der Waals surface area contributed by atoms with Crippen LogP contribution < -0.4 is 4.90 Å². The highest BCUT2D eigenvalue weighted by atomic mass is 16.3. The van der Waals surface area contributed by atoms with E-state index < -0.39 is 5.41 Å². The highest BCUT2D eigenvalue weighted by Crippen LogP contribution is 2.56. The number of fused-ring (bicyclic) bond motifs is 6. The summed E-state index contributed by atoms with van der Waals surface area (Å²) in [5, 5.41) is 2.21. The minimum Gasteiger partial charge on any atom is -0.456 e. The molecule has 8 aromatic carbocycles. The van der Waals surface area contributed by atoms with Gasteiger partial charge in [-0.2, -0.15) is 0 Å². The molecule has 0 radical (unpaired) electrons. The standard InChI is InChI=1S/C49H33NO/c1-3-14-34(15-4-1)35-26-30-38(31-27-35)50(45-23-13-25-47-48(45)42-20-9-12-24-46(42)51-47)39-32-28-37(29-33-39)49(36-16-5-2-6-17-36)43-21-10-7-18-40(43)41-19-8-11-22-44(41)49/h1-33H.